The summed E-state index contributed by atoms with van der Waals surface area (Å²) in [6.45, 7) is 6.86. The van der Waals surface area contributed by atoms with Crippen LogP contribution in [0.2, 0.25) is 0 Å². The lowest BCUT2D eigenvalue weighted by Gasteiger charge is -2.23. The van der Waals surface area contributed by atoms with E-state index < -0.39 is 29.6 Å². The van der Waals surface area contributed by atoms with Crippen LogP contribution in [0.3, 0.4) is 0 Å². The van der Waals surface area contributed by atoms with Gasteiger partial charge in [-0.25, -0.2) is 4.79 Å². The van der Waals surface area contributed by atoms with E-state index in [1.807, 2.05) is 6.92 Å². The Balaban J connectivity index is 4.44. The fourth-order valence-electron chi connectivity index (χ4n) is 1.36. The summed E-state index contributed by atoms with van der Waals surface area (Å²) in [5.41, 5.74) is -0.636. The van der Waals surface area contributed by atoms with Gasteiger partial charge in [-0.2, -0.15) is 0 Å². The number of carbonyl (C=O) groups excluding carboxylic acids is 3. The maximum Gasteiger partial charge on any atom is 0.408 e. The lowest BCUT2D eigenvalue weighted by atomic mass is 10.1. The molecule has 1 atom stereocenters. The Morgan fingerprint density at radius 1 is 1.20 bits per heavy atom. The first-order valence-corrected chi connectivity index (χ1v) is 6.53. The van der Waals surface area contributed by atoms with Crippen LogP contribution in [0, 0.1) is 0 Å². The zero-order valence-electron chi connectivity index (χ0n) is 12.7. The Kier molecular flexibility index (Phi) is 7.64. The highest BCUT2D eigenvalue weighted by Crippen LogP contribution is 2.07. The number of amides is 2. The summed E-state index contributed by atoms with van der Waals surface area (Å²) >= 11 is 0. The third-order valence-corrected chi connectivity index (χ3v) is 2.22. The molecule has 20 heavy (non-hydrogen) atoms. The number of esters is 1. The van der Waals surface area contributed by atoms with Crippen molar-refractivity contribution in [3.8, 4) is 0 Å². The van der Waals surface area contributed by atoms with Crippen LogP contribution in [0.15, 0.2) is 0 Å². The molecule has 0 aliphatic rings. The highest BCUT2D eigenvalue weighted by Gasteiger charge is 2.23. The molecule has 0 aromatic heterocycles. The van der Waals surface area contributed by atoms with Gasteiger partial charge >= 0.3 is 12.1 Å². The van der Waals surface area contributed by atoms with Crippen molar-refractivity contribution < 1.29 is 23.9 Å². The van der Waals surface area contributed by atoms with Gasteiger partial charge in [0.1, 0.15) is 18.2 Å². The van der Waals surface area contributed by atoms with Gasteiger partial charge in [0.2, 0.25) is 5.91 Å². The maximum atomic E-state index is 11.9. The smallest absolute Gasteiger partial charge is 0.408 e. The van der Waals surface area contributed by atoms with Gasteiger partial charge in [-0.1, -0.05) is 13.3 Å². The molecule has 0 rings (SSSR count). The molecule has 0 unspecified atom stereocenters. The molecule has 0 fully saturated rings. The van der Waals surface area contributed by atoms with Gasteiger partial charge in [0.25, 0.3) is 0 Å². The molecule has 0 bridgehead atoms. The molecule has 116 valence electrons. The van der Waals surface area contributed by atoms with Gasteiger partial charge in [0.15, 0.2) is 0 Å². The minimum Gasteiger partial charge on any atom is -0.468 e. The van der Waals surface area contributed by atoms with Crippen molar-refractivity contribution in [3.05, 3.63) is 0 Å². The van der Waals surface area contributed by atoms with E-state index in [1.54, 1.807) is 20.8 Å². The lowest BCUT2D eigenvalue weighted by molar-refractivity contribution is -0.141. The number of alkyl carbamates (subject to hydrolysis) is 1. The number of ether oxygens (including phenoxy) is 2. The number of hydrogen-bond acceptors (Lipinski definition) is 5. The average molecular weight is 288 g/mol. The van der Waals surface area contributed by atoms with Gasteiger partial charge in [0, 0.05) is 0 Å². The second-order valence-electron chi connectivity index (χ2n) is 5.28. The van der Waals surface area contributed by atoms with Gasteiger partial charge in [-0.05, 0) is 27.2 Å². The molecular weight excluding hydrogens is 264 g/mol. The van der Waals surface area contributed by atoms with Crippen LogP contribution in [-0.2, 0) is 19.1 Å². The summed E-state index contributed by atoms with van der Waals surface area (Å²) in [5, 5.41) is 4.89. The summed E-state index contributed by atoms with van der Waals surface area (Å²) < 4.78 is 9.51. The molecular formula is C13H24N2O5. The second-order valence-corrected chi connectivity index (χ2v) is 5.28. The quantitative estimate of drug-likeness (QED) is 0.710. The number of carbonyl (C=O) groups is 3. The van der Waals surface area contributed by atoms with Crippen LogP contribution in [-0.4, -0.2) is 43.3 Å². The van der Waals surface area contributed by atoms with Gasteiger partial charge in [-0.3, -0.25) is 9.59 Å². The monoisotopic (exact) mass is 288 g/mol. The molecule has 0 aliphatic heterocycles. The highest BCUT2D eigenvalue weighted by molar-refractivity contribution is 5.88. The molecule has 0 aromatic carbocycles. The Labute approximate surface area is 119 Å². The minimum atomic E-state index is -0.737. The fourth-order valence-corrected chi connectivity index (χ4v) is 1.36. The first kappa shape index (κ1) is 18.2. The molecule has 2 amide bonds. The number of hydrogen-bond donors (Lipinski definition) is 2. The van der Waals surface area contributed by atoms with Gasteiger partial charge in [-0.15, -0.1) is 0 Å². The van der Waals surface area contributed by atoms with Crippen LogP contribution in [0.25, 0.3) is 0 Å². The molecule has 0 spiro atoms. The summed E-state index contributed by atoms with van der Waals surface area (Å²) in [5.74, 6) is -0.992. The zero-order valence-corrected chi connectivity index (χ0v) is 12.7. The van der Waals surface area contributed by atoms with Crippen molar-refractivity contribution in [1.82, 2.24) is 10.6 Å². The third kappa shape index (κ3) is 8.34. The van der Waals surface area contributed by atoms with E-state index in [1.165, 1.54) is 7.11 Å². The third-order valence-electron chi connectivity index (χ3n) is 2.22. The van der Waals surface area contributed by atoms with Crippen LogP contribution in [0.1, 0.15) is 40.5 Å². The van der Waals surface area contributed by atoms with E-state index in [-0.39, 0.29) is 6.54 Å². The fraction of sp³-hybridized carbons (Fsp3) is 0.769. The van der Waals surface area contributed by atoms with E-state index >= 15 is 0 Å². The lowest BCUT2D eigenvalue weighted by Crippen LogP contribution is -2.49. The standard InChI is InChI=1S/C13H24N2O5/c1-6-7-9(11(17)14-8-10(16)19-5)15-12(18)20-13(2,3)4/h9H,6-8H2,1-5H3,(H,14,17)(H,15,18)/t9-/m1/s1. The Morgan fingerprint density at radius 3 is 2.25 bits per heavy atom. The number of nitrogens with one attached hydrogen (secondary N) is 2. The van der Waals surface area contributed by atoms with Crippen molar-refractivity contribution in [2.24, 2.45) is 0 Å². The molecule has 0 aromatic rings. The Bertz CT molecular complexity index is 349. The minimum absolute atomic E-state index is 0.231. The van der Waals surface area contributed by atoms with Crippen molar-refractivity contribution in [1.29, 1.82) is 0 Å². The predicted octanol–water partition coefficient (Wildman–Crippen LogP) is 0.969. The van der Waals surface area contributed by atoms with E-state index in [4.69, 9.17) is 4.74 Å². The highest BCUT2D eigenvalue weighted by atomic mass is 16.6. The van der Waals surface area contributed by atoms with E-state index in [2.05, 4.69) is 15.4 Å². The predicted molar refractivity (Wildman–Crippen MR) is 73.1 cm³/mol. The zero-order chi connectivity index (χ0) is 15.8. The maximum absolute atomic E-state index is 11.9. The van der Waals surface area contributed by atoms with Crippen LogP contribution < -0.4 is 10.6 Å². The number of methoxy groups -OCH3 is 1. The van der Waals surface area contributed by atoms with Gasteiger partial charge in [0.05, 0.1) is 7.11 Å². The molecule has 0 heterocycles. The van der Waals surface area contributed by atoms with Crippen LogP contribution >= 0.6 is 0 Å². The topological polar surface area (TPSA) is 93.7 Å². The van der Waals surface area contributed by atoms with Gasteiger partial charge < -0.3 is 20.1 Å². The average Bonchev–Trinajstić information content (AvgIpc) is 2.32. The summed E-state index contributed by atoms with van der Waals surface area (Å²) in [6, 6.07) is -0.737. The van der Waals surface area contributed by atoms with Crippen molar-refractivity contribution in [3.63, 3.8) is 0 Å². The summed E-state index contributed by atoms with van der Waals surface area (Å²) in [4.78, 5) is 34.5. The largest absolute Gasteiger partial charge is 0.468 e. The summed E-state index contributed by atoms with van der Waals surface area (Å²) in [6.07, 6.45) is 0.488. The van der Waals surface area contributed by atoms with Crippen molar-refractivity contribution in [2.45, 2.75) is 52.2 Å². The molecule has 0 saturated carbocycles. The normalized spacial score (nSPS) is 12.2. The Morgan fingerprint density at radius 2 is 1.80 bits per heavy atom. The van der Waals surface area contributed by atoms with Crippen molar-refractivity contribution >= 4 is 18.0 Å². The first-order chi connectivity index (χ1) is 9.19. The second kappa shape index (κ2) is 8.39. The number of rotatable bonds is 6. The molecule has 0 radical (unpaired) electrons. The van der Waals surface area contributed by atoms with E-state index in [0.29, 0.717) is 12.8 Å². The molecule has 7 heteroatoms. The molecule has 2 N–H and O–H groups in total. The first-order valence-electron chi connectivity index (χ1n) is 6.53. The van der Waals surface area contributed by atoms with E-state index in [9.17, 15) is 14.4 Å². The molecule has 0 aliphatic carbocycles. The summed E-state index contributed by atoms with van der Waals surface area (Å²) in [7, 11) is 1.23. The van der Waals surface area contributed by atoms with Crippen LogP contribution in [0.5, 0.6) is 0 Å². The van der Waals surface area contributed by atoms with Crippen molar-refractivity contribution in [2.75, 3.05) is 13.7 Å². The molecule has 7 nitrogen and oxygen atoms in total. The SMILES string of the molecule is CCC[C@@H](NC(=O)OC(C)(C)C)C(=O)NCC(=O)OC. The van der Waals surface area contributed by atoms with E-state index in [0.717, 1.165) is 0 Å². The molecule has 0 saturated heterocycles. The Hall–Kier alpha value is -1.79. The van der Waals surface area contributed by atoms with Crippen LogP contribution in [0.4, 0.5) is 4.79 Å².